The van der Waals surface area contributed by atoms with Gasteiger partial charge in [0.1, 0.15) is 0 Å². The third-order valence-corrected chi connectivity index (χ3v) is 11.2. The van der Waals surface area contributed by atoms with E-state index in [0.29, 0.717) is 11.8 Å². The summed E-state index contributed by atoms with van der Waals surface area (Å²) in [6, 6.07) is 8.20. The molecule has 1 aromatic rings. The Morgan fingerprint density at radius 2 is 0.912 bits per heavy atom. The molecular weight excluding hydrogens is 420 g/mol. The average Bonchev–Trinajstić information content (AvgIpc) is 2.80. The van der Waals surface area contributed by atoms with E-state index < -0.39 is 0 Å². The summed E-state index contributed by atoms with van der Waals surface area (Å²) in [7, 11) is 3.92. The molecule has 8 saturated carbocycles. The van der Waals surface area contributed by atoms with Gasteiger partial charge in [-0.15, -0.1) is 0 Å². The number of nitrogens with zero attached hydrogens (tertiary/aromatic N) is 2. The second-order valence-electron chi connectivity index (χ2n) is 13.6. The highest BCUT2D eigenvalue weighted by Gasteiger charge is 2.56. The number of anilines is 2. The summed E-state index contributed by atoms with van der Waals surface area (Å²) in [5.74, 6) is 5.21. The highest BCUT2D eigenvalue weighted by Crippen LogP contribution is 2.62. The predicted octanol–water partition coefficient (Wildman–Crippen LogP) is 6.05. The van der Waals surface area contributed by atoms with Crippen LogP contribution in [0, 0.1) is 46.3 Å². The lowest BCUT2D eigenvalue weighted by Crippen LogP contribution is -2.54. The highest BCUT2D eigenvalue weighted by atomic mass is 16.2. The van der Waals surface area contributed by atoms with Gasteiger partial charge in [0.05, 0.1) is 10.8 Å². The minimum absolute atomic E-state index is 0.138. The number of carbonyl (C=O) groups is 2. The summed E-state index contributed by atoms with van der Waals surface area (Å²) < 4.78 is 0. The fraction of sp³-hybridized carbons (Fsp3) is 0.733. The Bertz CT molecular complexity index is 881. The smallest absolute Gasteiger partial charge is 0.232 e. The Morgan fingerprint density at radius 3 is 1.21 bits per heavy atom. The molecule has 1 aromatic carbocycles. The van der Waals surface area contributed by atoms with Crippen LogP contribution in [0.15, 0.2) is 24.3 Å². The van der Waals surface area contributed by atoms with Crippen LogP contribution in [0.4, 0.5) is 11.4 Å². The summed E-state index contributed by atoms with van der Waals surface area (Å²) in [5.41, 5.74) is 1.59. The molecule has 8 fully saturated rings. The number of rotatable bonds is 4. The first-order chi connectivity index (χ1) is 16.3. The molecule has 0 heterocycles. The fourth-order valence-electron chi connectivity index (χ4n) is 10.6. The van der Waals surface area contributed by atoms with Gasteiger partial charge in [-0.1, -0.05) is 6.07 Å². The molecule has 0 spiro atoms. The fourth-order valence-corrected chi connectivity index (χ4v) is 10.6. The van der Waals surface area contributed by atoms with E-state index >= 15 is 0 Å². The SMILES string of the molecule is CN(C(=O)C12CC3CC(CC(C3)C1)C2)c1cccc(N(C)C(=O)C23CC4CC(CC(C4)C2)C3)c1. The van der Waals surface area contributed by atoms with E-state index in [-0.39, 0.29) is 10.8 Å². The number of amides is 2. The summed E-state index contributed by atoms with van der Waals surface area (Å²) in [6.07, 6.45) is 14.6. The van der Waals surface area contributed by atoms with Gasteiger partial charge in [0.15, 0.2) is 0 Å². The first-order valence-corrected chi connectivity index (χ1v) is 14.0. The maximum atomic E-state index is 13.9. The van der Waals surface area contributed by atoms with Gasteiger partial charge in [-0.25, -0.2) is 0 Å². The minimum Gasteiger partial charge on any atom is -0.315 e. The molecule has 4 nitrogen and oxygen atoms in total. The second kappa shape index (κ2) is 7.34. The first-order valence-electron chi connectivity index (χ1n) is 14.0. The lowest BCUT2D eigenvalue weighted by molar-refractivity contribution is -0.143. The number of hydrogen-bond donors (Lipinski definition) is 0. The molecule has 0 unspecified atom stereocenters. The van der Waals surface area contributed by atoms with Gasteiger partial charge in [0.25, 0.3) is 0 Å². The molecule has 0 saturated heterocycles. The van der Waals surface area contributed by atoms with Gasteiger partial charge < -0.3 is 9.80 Å². The highest BCUT2D eigenvalue weighted by molar-refractivity contribution is 6.00. The molecule has 0 aromatic heterocycles. The van der Waals surface area contributed by atoms with Crippen LogP contribution in [0.1, 0.15) is 77.0 Å². The quantitative estimate of drug-likeness (QED) is 0.549. The molecule has 8 bridgehead atoms. The number of benzene rings is 1. The third-order valence-electron chi connectivity index (χ3n) is 11.2. The Hall–Kier alpha value is -1.84. The third kappa shape index (κ3) is 3.15. The van der Waals surface area contributed by atoms with Crippen molar-refractivity contribution in [1.29, 1.82) is 0 Å². The van der Waals surface area contributed by atoms with Crippen molar-refractivity contribution in [3.8, 4) is 0 Å². The molecule has 4 heteroatoms. The van der Waals surface area contributed by atoms with Crippen molar-refractivity contribution < 1.29 is 9.59 Å². The van der Waals surface area contributed by atoms with Gasteiger partial charge in [0.2, 0.25) is 11.8 Å². The first kappa shape index (κ1) is 21.4. The Labute approximate surface area is 204 Å². The van der Waals surface area contributed by atoms with E-state index in [9.17, 15) is 9.59 Å². The van der Waals surface area contributed by atoms with Crippen molar-refractivity contribution in [1.82, 2.24) is 0 Å². The van der Waals surface area contributed by atoms with E-state index in [1.54, 1.807) is 0 Å². The molecule has 0 atom stereocenters. The van der Waals surface area contributed by atoms with Crippen molar-refractivity contribution in [2.75, 3.05) is 23.9 Å². The van der Waals surface area contributed by atoms with Crippen molar-refractivity contribution in [3.63, 3.8) is 0 Å². The van der Waals surface area contributed by atoms with Crippen molar-refractivity contribution in [2.45, 2.75) is 77.0 Å². The molecule has 0 radical (unpaired) electrons. The maximum Gasteiger partial charge on any atom is 0.232 e. The number of hydrogen-bond acceptors (Lipinski definition) is 2. The van der Waals surface area contributed by atoms with Crippen LogP contribution in [-0.2, 0) is 9.59 Å². The van der Waals surface area contributed by atoms with Gasteiger partial charge in [0, 0.05) is 25.5 Å². The zero-order valence-electron chi connectivity index (χ0n) is 21.0. The second-order valence-corrected chi connectivity index (χ2v) is 13.6. The van der Waals surface area contributed by atoms with Crippen LogP contribution in [0.25, 0.3) is 0 Å². The molecule has 0 N–H and O–H groups in total. The van der Waals surface area contributed by atoms with Crippen molar-refractivity contribution in [3.05, 3.63) is 24.3 Å². The minimum atomic E-state index is -0.138. The summed E-state index contributed by atoms with van der Waals surface area (Å²) >= 11 is 0. The molecule has 2 amide bonds. The van der Waals surface area contributed by atoms with Crippen LogP contribution in [0.3, 0.4) is 0 Å². The summed E-state index contributed by atoms with van der Waals surface area (Å²) in [5, 5.41) is 0. The lowest BCUT2D eigenvalue weighted by Gasteiger charge is -2.56. The zero-order valence-corrected chi connectivity index (χ0v) is 21.0. The monoisotopic (exact) mass is 460 g/mol. The van der Waals surface area contributed by atoms with Crippen LogP contribution in [0.5, 0.6) is 0 Å². The van der Waals surface area contributed by atoms with E-state index in [4.69, 9.17) is 0 Å². The molecule has 8 aliphatic carbocycles. The van der Waals surface area contributed by atoms with Gasteiger partial charge >= 0.3 is 0 Å². The van der Waals surface area contributed by atoms with Gasteiger partial charge in [-0.05, 0) is 131 Å². The molecule has 8 aliphatic rings. The van der Waals surface area contributed by atoms with Crippen LogP contribution in [-0.4, -0.2) is 25.9 Å². The molecule has 34 heavy (non-hydrogen) atoms. The van der Waals surface area contributed by atoms with Crippen molar-refractivity contribution >= 4 is 23.2 Å². The number of carbonyl (C=O) groups excluding carboxylic acids is 2. The van der Waals surface area contributed by atoms with E-state index in [1.807, 2.05) is 42.1 Å². The van der Waals surface area contributed by atoms with E-state index in [2.05, 4.69) is 6.07 Å². The normalized spacial score (nSPS) is 43.2. The Kier molecular flexibility index (Phi) is 4.63. The van der Waals surface area contributed by atoms with Crippen LogP contribution < -0.4 is 9.80 Å². The maximum absolute atomic E-state index is 13.9. The van der Waals surface area contributed by atoms with Gasteiger partial charge in [-0.3, -0.25) is 9.59 Å². The summed E-state index contributed by atoms with van der Waals surface area (Å²) in [4.78, 5) is 31.6. The van der Waals surface area contributed by atoms with Gasteiger partial charge in [-0.2, -0.15) is 0 Å². The molecule has 0 aliphatic heterocycles. The van der Waals surface area contributed by atoms with E-state index in [1.165, 1.54) is 38.5 Å². The predicted molar refractivity (Wildman–Crippen MR) is 134 cm³/mol. The van der Waals surface area contributed by atoms with E-state index in [0.717, 1.165) is 85.4 Å². The topological polar surface area (TPSA) is 40.6 Å². The molecular formula is C30H40N2O2. The van der Waals surface area contributed by atoms with Crippen LogP contribution in [0.2, 0.25) is 0 Å². The largest absolute Gasteiger partial charge is 0.315 e. The molecule has 182 valence electrons. The lowest BCUT2D eigenvalue weighted by atomic mass is 9.49. The molecule has 9 rings (SSSR count). The average molecular weight is 461 g/mol. The Balaban J connectivity index is 1.12. The van der Waals surface area contributed by atoms with Crippen molar-refractivity contribution in [2.24, 2.45) is 46.3 Å². The zero-order chi connectivity index (χ0) is 23.2. The standard InChI is InChI=1S/C30H40N2O2/c1-31(27(33)29-13-19-6-20(14-29)8-21(7-19)15-29)25-4-3-5-26(12-25)32(2)28(34)30-16-22-9-23(17-30)11-24(10-22)18-30/h3-5,12,19-24H,6-11,13-18H2,1-2H3. The summed E-state index contributed by atoms with van der Waals surface area (Å²) in [6.45, 7) is 0. The van der Waals surface area contributed by atoms with Crippen LogP contribution >= 0.6 is 0 Å². The Morgan fingerprint density at radius 1 is 0.618 bits per heavy atom.